The second-order valence-corrected chi connectivity index (χ2v) is 5.17. The van der Waals surface area contributed by atoms with Gasteiger partial charge in [-0.1, -0.05) is 6.07 Å². The summed E-state index contributed by atoms with van der Waals surface area (Å²) in [7, 11) is 4.38. The van der Waals surface area contributed by atoms with Gasteiger partial charge in [0.2, 0.25) is 0 Å². The second kappa shape index (κ2) is 6.13. The highest BCUT2D eigenvalue weighted by Gasteiger charge is 2.21. The molecule has 0 radical (unpaired) electrons. The van der Waals surface area contributed by atoms with Crippen molar-refractivity contribution in [3.8, 4) is 0 Å². The third kappa shape index (κ3) is 3.41. The molecule has 2 heterocycles. The summed E-state index contributed by atoms with van der Waals surface area (Å²) in [5.41, 5.74) is 3.76. The predicted octanol–water partition coefficient (Wildman–Crippen LogP) is 0.893. The molecule has 1 saturated heterocycles. The fourth-order valence-corrected chi connectivity index (χ4v) is 2.55. The minimum atomic E-state index is 0.702. The molecule has 1 fully saturated rings. The predicted molar refractivity (Wildman–Crippen MR) is 74.0 cm³/mol. The third-order valence-electron chi connectivity index (χ3n) is 3.62. The molecule has 2 rings (SSSR count). The van der Waals surface area contributed by atoms with Crippen LogP contribution in [0.25, 0.3) is 0 Å². The topological polar surface area (TPSA) is 57.4 Å². The lowest BCUT2D eigenvalue weighted by Crippen LogP contribution is -2.36. The molecule has 0 bridgehead atoms. The molecule has 0 spiro atoms. The van der Waals surface area contributed by atoms with Gasteiger partial charge in [0, 0.05) is 25.3 Å². The summed E-state index contributed by atoms with van der Waals surface area (Å²) in [4.78, 5) is 9.04. The Bertz CT molecular complexity index is 364. The maximum absolute atomic E-state index is 5.30. The van der Waals surface area contributed by atoms with Crippen molar-refractivity contribution >= 4 is 5.82 Å². The number of nitrogens with two attached hydrogens (primary N) is 1. The zero-order valence-electron chi connectivity index (χ0n) is 11.3. The summed E-state index contributed by atoms with van der Waals surface area (Å²) < 4.78 is 0. The van der Waals surface area contributed by atoms with Crippen molar-refractivity contribution in [2.24, 2.45) is 5.84 Å². The monoisotopic (exact) mass is 249 g/mol. The van der Waals surface area contributed by atoms with E-state index in [4.69, 9.17) is 5.84 Å². The van der Waals surface area contributed by atoms with E-state index in [1.54, 1.807) is 0 Å². The van der Waals surface area contributed by atoms with E-state index in [9.17, 15) is 0 Å². The number of nitrogen functional groups attached to an aromatic ring is 1. The Morgan fingerprint density at radius 2 is 2.39 bits per heavy atom. The van der Waals surface area contributed by atoms with Crippen LogP contribution in [0.2, 0.25) is 0 Å². The van der Waals surface area contributed by atoms with Crippen LogP contribution in [-0.2, 0) is 6.54 Å². The van der Waals surface area contributed by atoms with E-state index < -0.39 is 0 Å². The first-order valence-electron chi connectivity index (χ1n) is 6.49. The van der Waals surface area contributed by atoms with Crippen LogP contribution in [-0.4, -0.2) is 48.0 Å². The number of hydrogen-bond acceptors (Lipinski definition) is 5. The number of rotatable bonds is 5. The molecule has 100 valence electrons. The highest BCUT2D eigenvalue weighted by Crippen LogP contribution is 2.16. The number of anilines is 1. The Labute approximate surface area is 109 Å². The Morgan fingerprint density at radius 3 is 2.94 bits per heavy atom. The number of hydrazine groups is 1. The summed E-state index contributed by atoms with van der Waals surface area (Å²) in [5, 5.41) is 0. The van der Waals surface area contributed by atoms with Crippen LogP contribution in [0.3, 0.4) is 0 Å². The van der Waals surface area contributed by atoms with Gasteiger partial charge in [-0.15, -0.1) is 0 Å². The van der Waals surface area contributed by atoms with Gasteiger partial charge < -0.3 is 15.2 Å². The van der Waals surface area contributed by atoms with Crippen molar-refractivity contribution in [1.82, 2.24) is 14.8 Å². The van der Waals surface area contributed by atoms with E-state index in [1.807, 2.05) is 12.3 Å². The van der Waals surface area contributed by atoms with Crippen molar-refractivity contribution in [2.75, 3.05) is 32.6 Å². The van der Waals surface area contributed by atoms with Crippen LogP contribution >= 0.6 is 0 Å². The van der Waals surface area contributed by atoms with Crippen molar-refractivity contribution in [1.29, 1.82) is 0 Å². The van der Waals surface area contributed by atoms with E-state index in [-0.39, 0.29) is 0 Å². The first-order chi connectivity index (χ1) is 8.69. The molecular weight excluding hydrogens is 226 g/mol. The van der Waals surface area contributed by atoms with Crippen LogP contribution in [0.15, 0.2) is 18.3 Å². The molecule has 3 N–H and O–H groups in total. The van der Waals surface area contributed by atoms with Crippen LogP contribution < -0.4 is 11.3 Å². The van der Waals surface area contributed by atoms with Gasteiger partial charge in [-0.3, -0.25) is 0 Å². The number of pyridine rings is 1. The summed E-state index contributed by atoms with van der Waals surface area (Å²) in [6.07, 6.45) is 4.52. The number of likely N-dealkylation sites (N-methyl/N-ethyl adjacent to an activating group) is 2. The van der Waals surface area contributed by atoms with Gasteiger partial charge in [0.25, 0.3) is 0 Å². The molecule has 1 atom stereocenters. The summed E-state index contributed by atoms with van der Waals surface area (Å²) in [5.74, 6) is 6.00. The standard InChI is InChI=1S/C13H23N5/c1-17(10-12-4-3-7-18(12)2)9-11-5-6-13(16-14)15-8-11/h5-6,8,12H,3-4,7,9-10,14H2,1-2H3,(H,15,16). The van der Waals surface area contributed by atoms with Crippen molar-refractivity contribution in [2.45, 2.75) is 25.4 Å². The van der Waals surface area contributed by atoms with Crippen LogP contribution in [0.5, 0.6) is 0 Å². The average molecular weight is 249 g/mol. The highest BCUT2D eigenvalue weighted by atomic mass is 15.2. The number of nitrogens with one attached hydrogen (secondary N) is 1. The second-order valence-electron chi connectivity index (χ2n) is 5.17. The molecule has 0 saturated carbocycles. The molecule has 0 aromatic carbocycles. The maximum Gasteiger partial charge on any atom is 0.139 e. The highest BCUT2D eigenvalue weighted by molar-refractivity contribution is 5.33. The Balaban J connectivity index is 1.84. The molecule has 1 aromatic rings. The Morgan fingerprint density at radius 1 is 1.56 bits per heavy atom. The van der Waals surface area contributed by atoms with Crippen LogP contribution in [0.1, 0.15) is 18.4 Å². The summed E-state index contributed by atoms with van der Waals surface area (Å²) in [6, 6.07) is 4.68. The van der Waals surface area contributed by atoms with Crippen molar-refractivity contribution in [3.63, 3.8) is 0 Å². The van der Waals surface area contributed by atoms with E-state index in [0.29, 0.717) is 11.9 Å². The van der Waals surface area contributed by atoms with Crippen LogP contribution in [0.4, 0.5) is 5.82 Å². The van der Waals surface area contributed by atoms with Crippen molar-refractivity contribution < 1.29 is 0 Å². The van der Waals surface area contributed by atoms with Gasteiger partial charge in [-0.25, -0.2) is 10.8 Å². The molecule has 0 aliphatic carbocycles. The molecule has 0 amide bonds. The normalized spacial score (nSPS) is 20.6. The number of aromatic nitrogens is 1. The zero-order valence-corrected chi connectivity index (χ0v) is 11.3. The van der Waals surface area contributed by atoms with Gasteiger partial charge in [-0.05, 0) is 45.1 Å². The molecule has 1 aliphatic rings. The molecule has 5 nitrogen and oxygen atoms in total. The number of nitrogens with zero attached hydrogens (tertiary/aromatic N) is 3. The van der Waals surface area contributed by atoms with E-state index in [0.717, 1.165) is 13.1 Å². The average Bonchev–Trinajstić information content (AvgIpc) is 2.76. The lowest BCUT2D eigenvalue weighted by atomic mass is 10.2. The summed E-state index contributed by atoms with van der Waals surface area (Å²) >= 11 is 0. The quantitative estimate of drug-likeness (QED) is 0.599. The molecule has 5 heteroatoms. The first kappa shape index (κ1) is 13.3. The number of likely N-dealkylation sites (tertiary alicyclic amines) is 1. The van der Waals surface area contributed by atoms with Gasteiger partial charge >= 0.3 is 0 Å². The molecular formula is C13H23N5. The molecule has 18 heavy (non-hydrogen) atoms. The zero-order chi connectivity index (χ0) is 13.0. The molecule has 1 aromatic heterocycles. The van der Waals surface area contributed by atoms with Crippen LogP contribution in [0, 0.1) is 0 Å². The Kier molecular flexibility index (Phi) is 4.52. The molecule has 1 aliphatic heterocycles. The summed E-state index contributed by atoms with van der Waals surface area (Å²) in [6.45, 7) is 3.28. The van der Waals surface area contributed by atoms with Gasteiger partial charge in [-0.2, -0.15) is 0 Å². The SMILES string of the molecule is CN(Cc1ccc(NN)nc1)CC1CCCN1C. The largest absolute Gasteiger partial charge is 0.308 e. The lowest BCUT2D eigenvalue weighted by molar-refractivity contribution is 0.215. The van der Waals surface area contributed by atoms with Gasteiger partial charge in [0.15, 0.2) is 0 Å². The smallest absolute Gasteiger partial charge is 0.139 e. The third-order valence-corrected chi connectivity index (χ3v) is 3.62. The first-order valence-corrected chi connectivity index (χ1v) is 6.49. The minimum absolute atomic E-state index is 0.702. The van der Waals surface area contributed by atoms with E-state index >= 15 is 0 Å². The number of hydrogen-bond donors (Lipinski definition) is 2. The fourth-order valence-electron chi connectivity index (χ4n) is 2.55. The maximum atomic E-state index is 5.30. The van der Waals surface area contributed by atoms with E-state index in [1.165, 1.54) is 24.9 Å². The fraction of sp³-hybridized carbons (Fsp3) is 0.615. The molecule has 1 unspecified atom stereocenters. The lowest BCUT2D eigenvalue weighted by Gasteiger charge is -2.25. The van der Waals surface area contributed by atoms with Crippen molar-refractivity contribution in [3.05, 3.63) is 23.9 Å². The Hall–Kier alpha value is -1.17. The van der Waals surface area contributed by atoms with Gasteiger partial charge in [0.1, 0.15) is 5.82 Å². The van der Waals surface area contributed by atoms with Gasteiger partial charge in [0.05, 0.1) is 0 Å². The minimum Gasteiger partial charge on any atom is -0.308 e. The van der Waals surface area contributed by atoms with E-state index in [2.05, 4.69) is 40.4 Å².